The van der Waals surface area contributed by atoms with Crippen molar-refractivity contribution >= 4 is 0 Å². The molecule has 0 spiro atoms. The second-order valence-corrected chi connectivity index (χ2v) is 6.23. The van der Waals surface area contributed by atoms with E-state index in [9.17, 15) is 5.11 Å². The van der Waals surface area contributed by atoms with Crippen molar-refractivity contribution in [2.24, 2.45) is 11.3 Å². The molecule has 1 aliphatic rings. The maximum Gasteiger partial charge on any atom is 0.109 e. The van der Waals surface area contributed by atoms with Gasteiger partial charge in [-0.1, -0.05) is 20.8 Å². The van der Waals surface area contributed by atoms with Crippen LogP contribution in [0.4, 0.5) is 0 Å². The molecule has 1 saturated carbocycles. The third kappa shape index (κ3) is 2.13. The third-order valence-corrected chi connectivity index (χ3v) is 4.32. The average molecular weight is 236 g/mol. The zero-order valence-corrected chi connectivity index (χ0v) is 11.4. The van der Waals surface area contributed by atoms with E-state index in [1.54, 1.807) is 6.20 Å². The summed E-state index contributed by atoms with van der Waals surface area (Å²) < 4.78 is 1.93. The van der Waals surface area contributed by atoms with Crippen molar-refractivity contribution in [3.8, 4) is 0 Å². The summed E-state index contributed by atoms with van der Waals surface area (Å²) in [5.41, 5.74) is 0.646. The Bertz CT molecular complexity index is 397. The van der Waals surface area contributed by atoms with E-state index in [-0.39, 0.29) is 5.92 Å². The zero-order valence-electron chi connectivity index (χ0n) is 11.4. The number of nitrogens with zero attached hydrogens (tertiary/aromatic N) is 2. The molecule has 2 atom stereocenters. The van der Waals surface area contributed by atoms with Gasteiger partial charge in [0.25, 0.3) is 0 Å². The van der Waals surface area contributed by atoms with Gasteiger partial charge < -0.3 is 5.11 Å². The molecule has 1 aliphatic carbocycles. The molecule has 1 N–H and O–H groups in total. The van der Waals surface area contributed by atoms with Crippen molar-refractivity contribution in [2.45, 2.75) is 59.1 Å². The van der Waals surface area contributed by atoms with E-state index >= 15 is 0 Å². The number of aliphatic hydroxyl groups is 1. The Morgan fingerprint density at radius 1 is 1.47 bits per heavy atom. The summed E-state index contributed by atoms with van der Waals surface area (Å²) in [6.45, 7) is 9.63. The second kappa shape index (κ2) is 4.13. The zero-order chi connectivity index (χ0) is 12.7. The van der Waals surface area contributed by atoms with Crippen molar-refractivity contribution in [1.82, 2.24) is 9.78 Å². The molecule has 2 rings (SSSR count). The maximum atomic E-state index is 11.0. The van der Waals surface area contributed by atoms with Crippen LogP contribution in [0.1, 0.15) is 52.7 Å². The number of hydrogen-bond donors (Lipinski definition) is 1. The molecule has 1 aromatic rings. The van der Waals surface area contributed by atoms with E-state index < -0.39 is 5.60 Å². The van der Waals surface area contributed by atoms with Crippen LogP contribution < -0.4 is 0 Å². The van der Waals surface area contributed by atoms with Crippen LogP contribution in [0.3, 0.4) is 0 Å². The molecule has 0 radical (unpaired) electrons. The third-order valence-electron chi connectivity index (χ3n) is 4.32. The maximum absolute atomic E-state index is 11.0. The minimum Gasteiger partial charge on any atom is -0.383 e. The number of aromatic nitrogens is 2. The first-order valence-corrected chi connectivity index (χ1v) is 6.64. The van der Waals surface area contributed by atoms with E-state index in [1.807, 2.05) is 10.7 Å². The van der Waals surface area contributed by atoms with Crippen LogP contribution in [0.5, 0.6) is 0 Å². The lowest BCUT2D eigenvalue weighted by molar-refractivity contribution is -0.0828. The molecule has 0 bridgehead atoms. The minimum absolute atomic E-state index is 0.285. The van der Waals surface area contributed by atoms with Crippen LogP contribution in [0.15, 0.2) is 12.3 Å². The van der Waals surface area contributed by atoms with Crippen LogP contribution in [0.2, 0.25) is 0 Å². The Hall–Kier alpha value is -0.830. The first kappa shape index (κ1) is 12.6. The van der Waals surface area contributed by atoms with Crippen molar-refractivity contribution in [2.75, 3.05) is 0 Å². The topological polar surface area (TPSA) is 38.0 Å². The predicted octanol–water partition coefficient (Wildman–Crippen LogP) is 2.94. The molecule has 0 aliphatic heterocycles. The summed E-state index contributed by atoms with van der Waals surface area (Å²) in [5.74, 6) is 0.285. The van der Waals surface area contributed by atoms with Crippen LogP contribution >= 0.6 is 0 Å². The molecule has 0 amide bonds. The van der Waals surface area contributed by atoms with Gasteiger partial charge in [-0.3, -0.25) is 4.68 Å². The van der Waals surface area contributed by atoms with Gasteiger partial charge >= 0.3 is 0 Å². The predicted molar refractivity (Wildman–Crippen MR) is 68.6 cm³/mol. The highest BCUT2D eigenvalue weighted by atomic mass is 16.3. The molecule has 0 aromatic carbocycles. The van der Waals surface area contributed by atoms with Gasteiger partial charge in [-0.05, 0) is 43.6 Å². The van der Waals surface area contributed by atoms with Crippen LogP contribution in [-0.2, 0) is 12.1 Å². The van der Waals surface area contributed by atoms with Crippen molar-refractivity contribution in [1.29, 1.82) is 0 Å². The fraction of sp³-hybridized carbons (Fsp3) is 0.786. The lowest BCUT2D eigenvalue weighted by atomic mass is 9.64. The summed E-state index contributed by atoms with van der Waals surface area (Å²) in [7, 11) is 0. The highest BCUT2D eigenvalue weighted by molar-refractivity contribution is 5.15. The fourth-order valence-electron chi connectivity index (χ4n) is 3.21. The molecule has 2 unspecified atom stereocenters. The first-order chi connectivity index (χ1) is 7.89. The SMILES string of the molecule is CCn1nccc1C1(O)CCC(C)(C)CC1C. The lowest BCUT2D eigenvalue weighted by Gasteiger charge is -2.45. The lowest BCUT2D eigenvalue weighted by Crippen LogP contribution is -2.43. The smallest absolute Gasteiger partial charge is 0.109 e. The van der Waals surface area contributed by atoms with Crippen LogP contribution in [-0.4, -0.2) is 14.9 Å². The summed E-state index contributed by atoms with van der Waals surface area (Å²) in [4.78, 5) is 0. The molecule has 0 saturated heterocycles. The monoisotopic (exact) mass is 236 g/mol. The van der Waals surface area contributed by atoms with Gasteiger partial charge in [0.2, 0.25) is 0 Å². The number of rotatable bonds is 2. The van der Waals surface area contributed by atoms with Crippen molar-refractivity contribution < 1.29 is 5.11 Å². The quantitative estimate of drug-likeness (QED) is 0.857. The van der Waals surface area contributed by atoms with Crippen LogP contribution in [0, 0.1) is 11.3 Å². The molecule has 1 aromatic heterocycles. The molecular weight excluding hydrogens is 212 g/mol. The summed E-state index contributed by atoms with van der Waals surface area (Å²) in [5, 5.41) is 15.3. The summed E-state index contributed by atoms with van der Waals surface area (Å²) in [6, 6.07) is 1.97. The van der Waals surface area contributed by atoms with Gasteiger partial charge in [0.15, 0.2) is 0 Å². The molecule has 17 heavy (non-hydrogen) atoms. The molecule has 1 heterocycles. The van der Waals surface area contributed by atoms with E-state index in [0.717, 1.165) is 31.5 Å². The van der Waals surface area contributed by atoms with Gasteiger partial charge in [-0.25, -0.2) is 0 Å². The van der Waals surface area contributed by atoms with Gasteiger partial charge in [-0.15, -0.1) is 0 Å². The fourth-order valence-corrected chi connectivity index (χ4v) is 3.21. The molecule has 3 nitrogen and oxygen atoms in total. The molecule has 1 fully saturated rings. The highest BCUT2D eigenvalue weighted by Gasteiger charge is 2.45. The van der Waals surface area contributed by atoms with Crippen molar-refractivity contribution in [3.63, 3.8) is 0 Å². The van der Waals surface area contributed by atoms with E-state index in [0.29, 0.717) is 5.41 Å². The molecular formula is C14H24N2O. The Balaban J connectivity index is 2.31. The van der Waals surface area contributed by atoms with Gasteiger partial charge in [0.05, 0.1) is 5.69 Å². The molecule has 96 valence electrons. The Morgan fingerprint density at radius 3 is 2.76 bits per heavy atom. The number of hydrogen-bond acceptors (Lipinski definition) is 2. The minimum atomic E-state index is -0.692. The van der Waals surface area contributed by atoms with Gasteiger partial charge in [0.1, 0.15) is 5.60 Å². The standard InChI is InChI=1S/C14H24N2O/c1-5-16-12(6-9-15-16)14(17)8-7-13(3,4)10-11(14)2/h6,9,11,17H,5,7-8,10H2,1-4H3. The Labute approximate surface area is 104 Å². The normalized spacial score (nSPS) is 32.6. The van der Waals surface area contributed by atoms with Gasteiger partial charge in [0, 0.05) is 12.7 Å². The van der Waals surface area contributed by atoms with Crippen molar-refractivity contribution in [3.05, 3.63) is 18.0 Å². The summed E-state index contributed by atoms with van der Waals surface area (Å²) >= 11 is 0. The average Bonchev–Trinajstić information content (AvgIpc) is 2.72. The van der Waals surface area contributed by atoms with Gasteiger partial charge in [-0.2, -0.15) is 5.10 Å². The van der Waals surface area contributed by atoms with Crippen LogP contribution in [0.25, 0.3) is 0 Å². The largest absolute Gasteiger partial charge is 0.383 e. The van der Waals surface area contributed by atoms with E-state index in [4.69, 9.17) is 0 Å². The van der Waals surface area contributed by atoms with E-state index in [1.165, 1.54) is 0 Å². The Kier molecular flexibility index (Phi) is 3.06. The first-order valence-electron chi connectivity index (χ1n) is 6.64. The van der Waals surface area contributed by atoms with E-state index in [2.05, 4.69) is 32.8 Å². The highest BCUT2D eigenvalue weighted by Crippen LogP contribution is 2.48. The molecule has 3 heteroatoms. The Morgan fingerprint density at radius 2 is 2.18 bits per heavy atom. The second-order valence-electron chi connectivity index (χ2n) is 6.23. The number of aryl methyl sites for hydroxylation is 1. The summed E-state index contributed by atoms with van der Waals surface area (Å²) in [6.07, 6.45) is 4.78.